The molecule has 1 aliphatic heterocycles. The van der Waals surface area contributed by atoms with Crippen molar-refractivity contribution in [2.45, 2.75) is 27.2 Å². The van der Waals surface area contributed by atoms with E-state index in [1.165, 1.54) is 0 Å². The molecule has 1 aliphatic rings. The predicted molar refractivity (Wildman–Crippen MR) is 140 cm³/mol. The molecule has 4 aromatic rings. The smallest absolute Gasteiger partial charge is 0.373 e. The minimum Gasteiger partial charge on any atom is -0.485 e. The molecule has 0 fully saturated rings. The zero-order valence-corrected chi connectivity index (χ0v) is 22.0. The summed E-state index contributed by atoms with van der Waals surface area (Å²) >= 11 is 1.59. The summed E-state index contributed by atoms with van der Waals surface area (Å²) in [6, 6.07) is 13.1. The number of thiophene rings is 1. The summed E-state index contributed by atoms with van der Waals surface area (Å²) in [6.07, 6.45) is 2.88. The number of hydrogen-bond acceptors (Lipinski definition) is 10. The van der Waals surface area contributed by atoms with Gasteiger partial charge in [-0.25, -0.2) is 14.8 Å². The van der Waals surface area contributed by atoms with Gasteiger partial charge >= 0.3 is 12.1 Å². The van der Waals surface area contributed by atoms with Crippen LogP contribution < -0.4 is 9.47 Å². The Morgan fingerprint density at radius 1 is 0.947 bits per heavy atom. The quantitative estimate of drug-likeness (QED) is 0.311. The molecule has 0 aliphatic carbocycles. The van der Waals surface area contributed by atoms with Gasteiger partial charge in [-0.3, -0.25) is 4.98 Å². The molecule has 9 nitrogen and oxygen atoms in total. The molecule has 0 saturated carbocycles. The molecule has 0 saturated heterocycles. The second-order valence-electron chi connectivity index (χ2n) is 8.08. The number of aryl methyl sites for hydroxylation is 2. The van der Waals surface area contributed by atoms with Crippen LogP contribution in [0.25, 0.3) is 33.3 Å². The van der Waals surface area contributed by atoms with E-state index in [2.05, 4.69) is 11.9 Å². The molecule has 0 radical (unpaired) electrons. The van der Waals surface area contributed by atoms with E-state index < -0.39 is 5.97 Å². The van der Waals surface area contributed by atoms with Crippen molar-refractivity contribution in [1.82, 2.24) is 15.0 Å². The van der Waals surface area contributed by atoms with Crippen LogP contribution in [0, 0.1) is 6.92 Å². The van der Waals surface area contributed by atoms with Gasteiger partial charge in [0, 0.05) is 11.1 Å². The van der Waals surface area contributed by atoms with Crippen LogP contribution in [0.4, 0.5) is 0 Å². The van der Waals surface area contributed by atoms with Gasteiger partial charge in [-0.15, -0.1) is 11.3 Å². The molecule has 0 amide bonds. The fourth-order valence-corrected chi connectivity index (χ4v) is 4.94. The molecule has 0 spiro atoms. The highest BCUT2D eigenvalue weighted by Gasteiger charge is 2.24. The topological polar surface area (TPSA) is 118 Å². The molecule has 5 heterocycles. The van der Waals surface area contributed by atoms with E-state index in [4.69, 9.17) is 33.8 Å². The van der Waals surface area contributed by atoms with Gasteiger partial charge in [0.05, 0.1) is 45.5 Å². The Hall–Kier alpha value is -4.40. The van der Waals surface area contributed by atoms with E-state index >= 15 is 0 Å². The first-order valence-corrected chi connectivity index (χ1v) is 12.8. The Labute approximate surface area is 223 Å². The van der Waals surface area contributed by atoms with Crippen molar-refractivity contribution in [3.05, 3.63) is 64.7 Å². The fraction of sp³-hybridized carbons (Fsp3) is 0.250. The third-order valence-electron chi connectivity index (χ3n) is 5.64. The molecule has 4 aromatic heterocycles. The highest BCUT2D eigenvalue weighted by Crippen LogP contribution is 2.48. The van der Waals surface area contributed by atoms with Crippen LogP contribution in [-0.2, 0) is 20.7 Å². The van der Waals surface area contributed by atoms with Gasteiger partial charge in [0.1, 0.15) is 13.2 Å². The van der Waals surface area contributed by atoms with Gasteiger partial charge in [-0.05, 0) is 62.2 Å². The Bertz CT molecular complexity index is 1490. The summed E-state index contributed by atoms with van der Waals surface area (Å²) < 4.78 is 17.0. The first kappa shape index (κ1) is 26.7. The molecule has 194 valence electrons. The van der Waals surface area contributed by atoms with Gasteiger partial charge in [0.15, 0.2) is 11.5 Å². The molecule has 38 heavy (non-hydrogen) atoms. The van der Waals surface area contributed by atoms with Crippen LogP contribution >= 0.6 is 11.3 Å². The number of esters is 1. The lowest BCUT2D eigenvalue weighted by Crippen LogP contribution is -2.14. The maximum atomic E-state index is 12.7. The van der Waals surface area contributed by atoms with Crippen LogP contribution in [0.3, 0.4) is 0 Å². The van der Waals surface area contributed by atoms with E-state index in [-0.39, 0.29) is 12.8 Å². The van der Waals surface area contributed by atoms with E-state index in [1.807, 2.05) is 37.3 Å². The van der Waals surface area contributed by atoms with Crippen molar-refractivity contribution in [1.29, 1.82) is 0 Å². The van der Waals surface area contributed by atoms with Gasteiger partial charge < -0.3 is 14.2 Å². The van der Waals surface area contributed by atoms with Crippen molar-refractivity contribution in [3.8, 4) is 44.8 Å². The molecule has 0 aromatic carbocycles. The van der Waals surface area contributed by atoms with Crippen molar-refractivity contribution in [2.75, 3.05) is 19.8 Å². The second-order valence-corrected chi connectivity index (χ2v) is 9.31. The predicted octanol–water partition coefficient (Wildman–Crippen LogP) is 5.17. The normalized spacial score (nSPS) is 11.7. The summed E-state index contributed by atoms with van der Waals surface area (Å²) in [7, 11) is 0. The summed E-state index contributed by atoms with van der Waals surface area (Å²) in [5.74, 6) is 1.11. The minimum absolute atomic E-state index is 0.250. The Kier molecular flexibility index (Phi) is 8.58. The van der Waals surface area contributed by atoms with Crippen molar-refractivity contribution in [2.24, 2.45) is 0 Å². The van der Waals surface area contributed by atoms with E-state index in [0.717, 1.165) is 38.9 Å². The second kappa shape index (κ2) is 12.2. The number of fused-ring (bicyclic) bond motifs is 1. The summed E-state index contributed by atoms with van der Waals surface area (Å²) in [4.78, 5) is 45.1. The first-order chi connectivity index (χ1) is 18.5. The zero-order valence-electron chi connectivity index (χ0n) is 21.1. The number of pyridine rings is 3. The summed E-state index contributed by atoms with van der Waals surface area (Å²) in [6.45, 7) is 7.22. The number of aromatic nitrogens is 3. The number of carbonyl (C=O) groups excluding carboxylic acids is 3. The van der Waals surface area contributed by atoms with E-state index in [1.54, 1.807) is 36.6 Å². The monoisotopic (exact) mass is 531 g/mol. The maximum Gasteiger partial charge on any atom is 0.373 e. The lowest BCUT2D eigenvalue weighted by Gasteiger charge is -2.16. The largest absolute Gasteiger partial charge is 0.485 e. The van der Waals surface area contributed by atoms with Crippen LogP contribution in [0.15, 0.2) is 48.7 Å². The van der Waals surface area contributed by atoms with Crippen molar-refractivity contribution in [3.63, 3.8) is 0 Å². The van der Waals surface area contributed by atoms with Crippen LogP contribution in [0.1, 0.15) is 34.6 Å². The Morgan fingerprint density at radius 2 is 1.61 bits per heavy atom. The SMILES string of the molecule is CCOC(=O)c1cc(-c2cc(CC)ccn2)nc(-c2cccc(-c3sc(C)c4c3OCCO4)n2)c1.O=C=O. The van der Waals surface area contributed by atoms with Gasteiger partial charge in [-0.2, -0.15) is 9.59 Å². The van der Waals surface area contributed by atoms with E-state index in [9.17, 15) is 4.79 Å². The van der Waals surface area contributed by atoms with Gasteiger partial charge in [0.25, 0.3) is 0 Å². The number of rotatable bonds is 6. The average molecular weight is 532 g/mol. The lowest BCUT2D eigenvalue weighted by molar-refractivity contribution is -0.191. The molecule has 0 N–H and O–H groups in total. The van der Waals surface area contributed by atoms with Crippen LogP contribution in [0.5, 0.6) is 11.5 Å². The minimum atomic E-state index is -0.409. The zero-order chi connectivity index (χ0) is 27.1. The average Bonchev–Trinajstić information content (AvgIpc) is 3.30. The number of carbonyl (C=O) groups is 1. The molecule has 10 heteroatoms. The number of hydrogen-bond donors (Lipinski definition) is 0. The van der Waals surface area contributed by atoms with Gasteiger partial charge in [0.2, 0.25) is 0 Å². The van der Waals surface area contributed by atoms with Crippen molar-refractivity contribution >= 4 is 23.5 Å². The molecule has 0 atom stereocenters. The Morgan fingerprint density at radius 3 is 2.32 bits per heavy atom. The molecular formula is C28H25N3O6S. The standard InChI is InChI=1S/C27H25N3O4S.CO2/c1-4-17-9-10-28-21(13-17)23-15-18(27(31)32-5-2)14-22(30-23)19-7-6-8-20(29-19)26-25-24(16(3)35-26)33-11-12-34-25;2-1-3/h6-10,13-15H,4-5,11-12H2,1-3H3;. The first-order valence-electron chi connectivity index (χ1n) is 12.0. The van der Waals surface area contributed by atoms with Crippen molar-refractivity contribution < 1.29 is 28.6 Å². The number of nitrogens with zero attached hydrogens (tertiary/aromatic N) is 3. The van der Waals surface area contributed by atoms with Crippen LogP contribution in [0.2, 0.25) is 0 Å². The summed E-state index contributed by atoms with van der Waals surface area (Å²) in [5.41, 5.74) is 4.80. The van der Waals surface area contributed by atoms with Gasteiger partial charge in [-0.1, -0.05) is 13.0 Å². The Balaban J connectivity index is 0.00000107. The third-order valence-corrected chi connectivity index (χ3v) is 6.73. The maximum absolute atomic E-state index is 12.7. The van der Waals surface area contributed by atoms with E-state index in [0.29, 0.717) is 41.6 Å². The fourth-order valence-electron chi connectivity index (χ4n) is 3.93. The van der Waals surface area contributed by atoms with Crippen LogP contribution in [-0.4, -0.2) is 46.9 Å². The highest BCUT2D eigenvalue weighted by molar-refractivity contribution is 7.16. The molecular weight excluding hydrogens is 506 g/mol. The molecule has 5 rings (SSSR count). The third kappa shape index (κ3) is 5.77. The summed E-state index contributed by atoms with van der Waals surface area (Å²) in [5, 5.41) is 0. The lowest BCUT2D eigenvalue weighted by atomic mass is 10.1. The molecule has 0 unspecified atom stereocenters. The number of ether oxygens (including phenoxy) is 3. The highest BCUT2D eigenvalue weighted by atomic mass is 32.1. The molecule has 0 bridgehead atoms.